The van der Waals surface area contributed by atoms with Gasteiger partial charge in [-0.15, -0.1) is 0 Å². The molecule has 0 heterocycles. The van der Waals surface area contributed by atoms with Gasteiger partial charge in [0.1, 0.15) is 0 Å². The number of sulfonamides is 1. The Kier molecular flexibility index (Phi) is 5.94. The molecule has 0 radical (unpaired) electrons. The fourth-order valence-electron chi connectivity index (χ4n) is 1.43. The minimum atomic E-state index is -3.30. The third-order valence-corrected chi connectivity index (χ3v) is 3.84. The SMILES string of the molecule is COCCS(=O)(=O)NCCc1ccc(C(=O)O)cc1. The summed E-state index contributed by atoms with van der Waals surface area (Å²) < 4.78 is 30.1. The number of carboxylic acid groups (broad SMARTS) is 1. The third-order valence-electron chi connectivity index (χ3n) is 2.49. The predicted molar refractivity (Wildman–Crippen MR) is 70.8 cm³/mol. The van der Waals surface area contributed by atoms with Gasteiger partial charge in [0.15, 0.2) is 0 Å². The van der Waals surface area contributed by atoms with Gasteiger partial charge in [0, 0.05) is 13.7 Å². The first kappa shape index (κ1) is 15.6. The number of methoxy groups -OCH3 is 1. The van der Waals surface area contributed by atoms with Crippen LogP contribution >= 0.6 is 0 Å². The number of ether oxygens (including phenoxy) is 1. The lowest BCUT2D eigenvalue weighted by Crippen LogP contribution is -2.29. The van der Waals surface area contributed by atoms with Crippen LogP contribution in [-0.4, -0.2) is 45.5 Å². The van der Waals surface area contributed by atoms with Crippen LogP contribution in [0.15, 0.2) is 24.3 Å². The number of hydrogen-bond donors (Lipinski definition) is 2. The molecule has 0 aliphatic rings. The molecule has 0 aliphatic heterocycles. The normalized spacial score (nSPS) is 11.4. The summed E-state index contributed by atoms with van der Waals surface area (Å²) in [7, 11) is -1.86. The summed E-state index contributed by atoms with van der Waals surface area (Å²) in [6.45, 7) is 0.432. The fourth-order valence-corrected chi connectivity index (χ4v) is 2.37. The van der Waals surface area contributed by atoms with E-state index in [9.17, 15) is 13.2 Å². The Bertz CT molecular complexity index is 509. The van der Waals surface area contributed by atoms with E-state index in [4.69, 9.17) is 9.84 Å². The van der Waals surface area contributed by atoms with Gasteiger partial charge in [-0.3, -0.25) is 0 Å². The van der Waals surface area contributed by atoms with Crippen molar-refractivity contribution in [3.63, 3.8) is 0 Å². The maximum atomic E-state index is 11.5. The molecule has 0 aromatic heterocycles. The van der Waals surface area contributed by atoms with Gasteiger partial charge in [0.25, 0.3) is 0 Å². The number of benzene rings is 1. The van der Waals surface area contributed by atoms with E-state index in [2.05, 4.69) is 4.72 Å². The van der Waals surface area contributed by atoms with E-state index in [1.165, 1.54) is 19.2 Å². The summed E-state index contributed by atoms with van der Waals surface area (Å²) in [5.41, 5.74) is 1.09. The lowest BCUT2D eigenvalue weighted by molar-refractivity contribution is 0.0697. The molecule has 1 aromatic carbocycles. The number of carboxylic acids is 1. The minimum Gasteiger partial charge on any atom is -0.478 e. The van der Waals surface area contributed by atoms with Crippen molar-refractivity contribution in [3.8, 4) is 0 Å². The zero-order chi connectivity index (χ0) is 14.3. The topological polar surface area (TPSA) is 92.7 Å². The van der Waals surface area contributed by atoms with Crippen molar-refractivity contribution < 1.29 is 23.1 Å². The molecule has 0 unspecified atom stereocenters. The smallest absolute Gasteiger partial charge is 0.335 e. The quantitative estimate of drug-likeness (QED) is 0.726. The van der Waals surface area contributed by atoms with Crippen LogP contribution in [0, 0.1) is 0 Å². The highest BCUT2D eigenvalue weighted by Crippen LogP contribution is 2.05. The highest BCUT2D eigenvalue weighted by molar-refractivity contribution is 7.89. The highest BCUT2D eigenvalue weighted by atomic mass is 32.2. The summed E-state index contributed by atoms with van der Waals surface area (Å²) >= 11 is 0. The maximum absolute atomic E-state index is 11.5. The first-order valence-electron chi connectivity index (χ1n) is 5.73. The fraction of sp³-hybridized carbons (Fsp3) is 0.417. The second-order valence-corrected chi connectivity index (χ2v) is 5.88. The molecule has 0 saturated heterocycles. The molecule has 0 atom stereocenters. The largest absolute Gasteiger partial charge is 0.478 e. The van der Waals surface area contributed by atoms with Crippen LogP contribution in [0.4, 0.5) is 0 Å². The van der Waals surface area contributed by atoms with Crippen molar-refractivity contribution in [2.24, 2.45) is 0 Å². The Morgan fingerprint density at radius 2 is 1.95 bits per heavy atom. The molecule has 6 nitrogen and oxygen atoms in total. The van der Waals surface area contributed by atoms with E-state index in [0.29, 0.717) is 6.42 Å². The van der Waals surface area contributed by atoms with Gasteiger partial charge in [0.05, 0.1) is 17.9 Å². The molecular weight excluding hydrogens is 270 g/mol. The molecule has 2 N–H and O–H groups in total. The monoisotopic (exact) mass is 287 g/mol. The summed E-state index contributed by atoms with van der Waals surface area (Å²) in [6.07, 6.45) is 0.506. The highest BCUT2D eigenvalue weighted by Gasteiger charge is 2.09. The van der Waals surface area contributed by atoms with Gasteiger partial charge in [0.2, 0.25) is 10.0 Å². The van der Waals surface area contributed by atoms with Crippen LogP contribution in [0.1, 0.15) is 15.9 Å². The average Bonchev–Trinajstić information content (AvgIpc) is 2.37. The van der Waals surface area contributed by atoms with E-state index >= 15 is 0 Å². The Morgan fingerprint density at radius 1 is 1.32 bits per heavy atom. The summed E-state index contributed by atoms with van der Waals surface area (Å²) in [5, 5.41) is 8.74. The molecule has 0 aliphatic carbocycles. The molecule has 0 spiro atoms. The molecule has 1 aromatic rings. The van der Waals surface area contributed by atoms with Gasteiger partial charge >= 0.3 is 5.97 Å². The predicted octanol–water partition coefficient (Wildman–Crippen LogP) is 0.493. The van der Waals surface area contributed by atoms with Crippen LogP contribution in [0.3, 0.4) is 0 Å². The zero-order valence-electron chi connectivity index (χ0n) is 10.6. The Balaban J connectivity index is 2.43. The van der Waals surface area contributed by atoms with Crippen LogP contribution in [0.25, 0.3) is 0 Å². The summed E-state index contributed by atoms with van der Waals surface area (Å²) in [5.74, 6) is -1.05. The Hall–Kier alpha value is -1.44. The molecule has 106 valence electrons. The van der Waals surface area contributed by atoms with Crippen molar-refractivity contribution in [3.05, 3.63) is 35.4 Å². The van der Waals surface area contributed by atoms with E-state index in [-0.39, 0.29) is 24.5 Å². The van der Waals surface area contributed by atoms with Crippen molar-refractivity contribution in [2.45, 2.75) is 6.42 Å². The number of nitrogens with one attached hydrogen (secondary N) is 1. The lowest BCUT2D eigenvalue weighted by Gasteiger charge is -2.06. The molecule has 0 amide bonds. The number of carbonyl (C=O) groups is 1. The van der Waals surface area contributed by atoms with Crippen LogP contribution in [-0.2, 0) is 21.2 Å². The molecule has 1 rings (SSSR count). The van der Waals surface area contributed by atoms with E-state index in [0.717, 1.165) is 5.56 Å². The van der Waals surface area contributed by atoms with E-state index in [1.54, 1.807) is 12.1 Å². The Morgan fingerprint density at radius 3 is 2.47 bits per heavy atom. The molecule has 0 bridgehead atoms. The lowest BCUT2D eigenvalue weighted by atomic mass is 10.1. The molecule has 0 fully saturated rings. The van der Waals surface area contributed by atoms with Gasteiger partial charge in [-0.05, 0) is 24.1 Å². The van der Waals surface area contributed by atoms with Gasteiger partial charge in [-0.25, -0.2) is 17.9 Å². The van der Waals surface area contributed by atoms with Crippen LogP contribution < -0.4 is 4.72 Å². The Labute approximate surface area is 112 Å². The van der Waals surface area contributed by atoms with Crippen molar-refractivity contribution in [2.75, 3.05) is 26.0 Å². The molecule has 0 saturated carbocycles. The standard InChI is InChI=1S/C12H17NO5S/c1-18-8-9-19(16,17)13-7-6-10-2-4-11(5-3-10)12(14)15/h2-5,13H,6-9H2,1H3,(H,14,15). The second-order valence-electron chi connectivity index (χ2n) is 3.96. The summed E-state index contributed by atoms with van der Waals surface area (Å²) in [4.78, 5) is 10.7. The number of hydrogen-bond acceptors (Lipinski definition) is 4. The first-order chi connectivity index (χ1) is 8.94. The van der Waals surface area contributed by atoms with E-state index < -0.39 is 16.0 Å². The van der Waals surface area contributed by atoms with Gasteiger partial charge < -0.3 is 9.84 Å². The van der Waals surface area contributed by atoms with Crippen molar-refractivity contribution in [1.29, 1.82) is 0 Å². The van der Waals surface area contributed by atoms with Crippen LogP contribution in [0.2, 0.25) is 0 Å². The zero-order valence-corrected chi connectivity index (χ0v) is 11.4. The number of rotatable bonds is 8. The third kappa shape index (κ3) is 5.82. The second kappa shape index (κ2) is 7.22. The van der Waals surface area contributed by atoms with Crippen LogP contribution in [0.5, 0.6) is 0 Å². The molecule has 19 heavy (non-hydrogen) atoms. The van der Waals surface area contributed by atoms with Crippen molar-refractivity contribution >= 4 is 16.0 Å². The molecular formula is C12H17NO5S. The maximum Gasteiger partial charge on any atom is 0.335 e. The van der Waals surface area contributed by atoms with Gasteiger partial charge in [-0.1, -0.05) is 12.1 Å². The average molecular weight is 287 g/mol. The summed E-state index contributed by atoms with van der Waals surface area (Å²) in [6, 6.07) is 6.34. The van der Waals surface area contributed by atoms with Gasteiger partial charge in [-0.2, -0.15) is 0 Å². The first-order valence-corrected chi connectivity index (χ1v) is 7.38. The van der Waals surface area contributed by atoms with E-state index in [1.807, 2.05) is 0 Å². The van der Waals surface area contributed by atoms with Crippen molar-refractivity contribution in [1.82, 2.24) is 4.72 Å². The number of aromatic carboxylic acids is 1. The minimum absolute atomic E-state index is 0.0680. The molecule has 7 heteroatoms.